The standard InChI is InChI=1S/C61H64O10/c1-37(2)47-22-19-39-20-23-48-43(31-39)15-9-10-28-61(46-17-7-8-18-46)58(70-59(47)65)57(55-52(71-61)26-25-50-51(35-63)54(60(66)69-56(50)55)44(27-29-62)36-67-3)68-53(64)34-45-33-42(21-24-49(45)48)41-16-11-14-40(32-41)30-38-12-5-4-6-13-38/h4-6,11-14,16,20-21,23-26,31-32,42,44-46,49,57-58,62-63H,7-8,15,17-19,22,27-30,33-36H2,1-3H3/t42-,44-,45+,49-,57-,58+,61+/m1/s1. The monoisotopic (exact) mass is 956 g/mol. The number of hydrogen-bond donors (Lipinski definition) is 2. The minimum atomic E-state index is -1.29. The summed E-state index contributed by atoms with van der Waals surface area (Å²) in [6.45, 7) is 3.20. The molecule has 4 aromatic carbocycles. The van der Waals surface area contributed by atoms with Crippen LogP contribution < -0.4 is 10.4 Å². The average Bonchev–Trinajstić information content (AvgIpc) is 3.92. The van der Waals surface area contributed by atoms with Gasteiger partial charge in [-0.1, -0.05) is 115 Å². The summed E-state index contributed by atoms with van der Waals surface area (Å²) in [5, 5.41) is 21.5. The molecule has 0 unspecified atom stereocenters. The Morgan fingerprint density at radius 2 is 1.70 bits per heavy atom. The Hall–Kier alpha value is -6.25. The topological polar surface area (TPSA) is 142 Å². The summed E-state index contributed by atoms with van der Waals surface area (Å²) in [5.41, 5.74) is 7.16. The molecule has 10 rings (SSSR count). The van der Waals surface area contributed by atoms with Crippen LogP contribution in [0.25, 0.3) is 11.0 Å². The fourth-order valence-electron chi connectivity index (χ4n) is 12.5. The molecule has 7 atom stereocenters. The molecular formula is C61H64O10. The van der Waals surface area contributed by atoms with Gasteiger partial charge in [0.05, 0.1) is 25.2 Å². The van der Waals surface area contributed by atoms with Gasteiger partial charge in [0.25, 0.3) is 0 Å². The lowest BCUT2D eigenvalue weighted by Crippen LogP contribution is -2.59. The third kappa shape index (κ3) is 9.53. The lowest BCUT2D eigenvalue weighted by atomic mass is 9.71. The van der Waals surface area contributed by atoms with Gasteiger partial charge >= 0.3 is 17.6 Å². The van der Waals surface area contributed by atoms with Crippen LogP contribution in [0.4, 0.5) is 0 Å². The van der Waals surface area contributed by atoms with Gasteiger partial charge in [-0.15, -0.1) is 0 Å². The first-order valence-electron chi connectivity index (χ1n) is 25.6. The molecule has 368 valence electrons. The Balaban J connectivity index is 1.16. The van der Waals surface area contributed by atoms with Crippen molar-refractivity contribution in [3.05, 3.63) is 169 Å². The third-order valence-electron chi connectivity index (χ3n) is 16.0. The normalized spacial score (nSPS) is 24.6. The number of aryl methyl sites for hydroxylation is 1. The summed E-state index contributed by atoms with van der Waals surface area (Å²) in [7, 11) is 1.52. The summed E-state index contributed by atoms with van der Waals surface area (Å²) < 4.78 is 33.0. The molecule has 5 aliphatic rings. The summed E-state index contributed by atoms with van der Waals surface area (Å²) in [5.74, 6) is 5.44. The van der Waals surface area contributed by atoms with E-state index in [9.17, 15) is 15.0 Å². The Kier molecular flexibility index (Phi) is 14.2. The number of fused-ring (bicyclic) bond motifs is 9. The van der Waals surface area contributed by atoms with Gasteiger partial charge in [-0.2, -0.15) is 0 Å². The molecule has 4 heterocycles. The van der Waals surface area contributed by atoms with Gasteiger partial charge in [0.2, 0.25) is 0 Å². The fraction of sp³-hybridized carbons (Fsp3) is 0.426. The summed E-state index contributed by atoms with van der Waals surface area (Å²) >= 11 is 0. The highest BCUT2D eigenvalue weighted by Crippen LogP contribution is 2.54. The molecule has 5 aromatic rings. The SMILES string of the molecule is COC[C@@H](CCO)c1c(CO)c2ccc3c(c2oc1=O)[C@H]1OC(=O)C[C@@H]2C[C@H](c4cccc(Cc5ccccc5)c4)C=C[C@H]2c2ccc4cc2CC#CC[C@@](C2CCCC2)(O3)[C@H]1OC(=O)C(=C(C)C)CC4. The Morgan fingerprint density at radius 3 is 2.48 bits per heavy atom. The largest absolute Gasteiger partial charge is 0.481 e. The molecule has 0 radical (unpaired) electrons. The van der Waals surface area contributed by atoms with E-state index in [0.29, 0.717) is 48.0 Å². The molecule has 0 spiro atoms. The number of carbonyl (C=O) groups is 2. The Bertz CT molecular complexity index is 2990. The maximum Gasteiger partial charge on any atom is 0.340 e. The van der Waals surface area contributed by atoms with Gasteiger partial charge in [-0.3, -0.25) is 4.79 Å². The van der Waals surface area contributed by atoms with Crippen LogP contribution in [-0.2, 0) is 49.7 Å². The van der Waals surface area contributed by atoms with E-state index in [1.165, 1.54) is 23.8 Å². The second-order valence-electron chi connectivity index (χ2n) is 20.6. The van der Waals surface area contributed by atoms with Crippen LogP contribution in [0.1, 0.15) is 146 Å². The molecule has 1 fully saturated rings. The van der Waals surface area contributed by atoms with E-state index in [4.69, 9.17) is 23.4 Å². The van der Waals surface area contributed by atoms with Crippen molar-refractivity contribution >= 4 is 22.9 Å². The highest BCUT2D eigenvalue weighted by atomic mass is 16.6. The maximum absolute atomic E-state index is 15.4. The Labute approximate surface area is 416 Å². The van der Waals surface area contributed by atoms with Gasteiger partial charge in [0.1, 0.15) is 11.3 Å². The zero-order chi connectivity index (χ0) is 49.2. The van der Waals surface area contributed by atoms with Crippen molar-refractivity contribution in [3.8, 4) is 17.6 Å². The molecule has 71 heavy (non-hydrogen) atoms. The van der Waals surface area contributed by atoms with Crippen LogP contribution in [0.5, 0.6) is 5.75 Å². The number of ether oxygens (including phenoxy) is 4. The van der Waals surface area contributed by atoms with E-state index >= 15 is 9.59 Å². The van der Waals surface area contributed by atoms with Crippen LogP contribution >= 0.6 is 0 Å². The van der Waals surface area contributed by atoms with Gasteiger partial charge in [0, 0.05) is 66.8 Å². The number of allylic oxidation sites excluding steroid dienone is 3. The first-order valence-corrected chi connectivity index (χ1v) is 25.6. The van der Waals surface area contributed by atoms with E-state index in [1.807, 2.05) is 19.9 Å². The van der Waals surface area contributed by atoms with Crippen LogP contribution in [0.3, 0.4) is 0 Å². The number of methoxy groups -OCH3 is 1. The number of esters is 2. The second-order valence-corrected chi connectivity index (χ2v) is 20.6. The number of hydrogen-bond acceptors (Lipinski definition) is 10. The first-order chi connectivity index (χ1) is 34.6. The molecule has 10 heteroatoms. The molecule has 2 N–H and O–H groups in total. The van der Waals surface area contributed by atoms with Crippen molar-refractivity contribution in [2.75, 3.05) is 20.3 Å². The van der Waals surface area contributed by atoms with Crippen molar-refractivity contribution in [2.24, 2.45) is 11.8 Å². The molecule has 2 aliphatic carbocycles. The number of benzene rings is 4. The molecular weight excluding hydrogens is 893 g/mol. The van der Waals surface area contributed by atoms with Crippen LogP contribution in [-0.4, -0.2) is 54.2 Å². The van der Waals surface area contributed by atoms with Gasteiger partial charge in [-0.25, -0.2) is 9.59 Å². The molecule has 5 bridgehead atoms. The van der Waals surface area contributed by atoms with Gasteiger partial charge < -0.3 is 33.6 Å². The lowest BCUT2D eigenvalue weighted by molar-refractivity contribution is -0.201. The zero-order valence-electron chi connectivity index (χ0n) is 41.0. The van der Waals surface area contributed by atoms with E-state index in [-0.39, 0.29) is 72.9 Å². The molecule has 10 nitrogen and oxygen atoms in total. The molecule has 0 amide bonds. The summed E-state index contributed by atoms with van der Waals surface area (Å²) in [4.78, 5) is 44.8. The minimum absolute atomic E-state index is 0.0267. The second kappa shape index (κ2) is 20.8. The quantitative estimate of drug-likeness (QED) is 0.0457. The molecule has 3 aliphatic heterocycles. The maximum atomic E-state index is 15.4. The average molecular weight is 957 g/mol. The van der Waals surface area contributed by atoms with Crippen molar-refractivity contribution in [2.45, 2.75) is 133 Å². The highest BCUT2D eigenvalue weighted by Gasteiger charge is 2.59. The van der Waals surface area contributed by atoms with E-state index in [2.05, 4.69) is 90.7 Å². The van der Waals surface area contributed by atoms with E-state index in [0.717, 1.165) is 54.4 Å². The van der Waals surface area contributed by atoms with E-state index in [1.54, 1.807) is 12.1 Å². The predicted octanol–water partition coefficient (Wildman–Crippen LogP) is 10.6. The number of aliphatic hydroxyl groups is 2. The van der Waals surface area contributed by atoms with E-state index < -0.39 is 47.9 Å². The Morgan fingerprint density at radius 1 is 0.887 bits per heavy atom. The number of rotatable bonds is 10. The molecule has 1 saturated carbocycles. The fourth-order valence-corrected chi connectivity index (χ4v) is 12.5. The van der Waals surface area contributed by atoms with Gasteiger partial charge in [0.15, 0.2) is 17.8 Å². The number of carbonyl (C=O) groups excluding carboxylic acids is 2. The van der Waals surface area contributed by atoms with Crippen molar-refractivity contribution in [1.29, 1.82) is 0 Å². The third-order valence-corrected chi connectivity index (χ3v) is 16.0. The highest BCUT2D eigenvalue weighted by molar-refractivity contribution is 5.90. The summed E-state index contributed by atoms with van der Waals surface area (Å²) in [6.07, 6.45) is 8.94. The lowest BCUT2D eigenvalue weighted by Gasteiger charge is -2.49. The van der Waals surface area contributed by atoms with Crippen molar-refractivity contribution < 1.29 is 43.2 Å². The first kappa shape index (κ1) is 48.4. The van der Waals surface area contributed by atoms with Crippen molar-refractivity contribution in [3.63, 3.8) is 0 Å². The smallest absolute Gasteiger partial charge is 0.340 e. The minimum Gasteiger partial charge on any atom is -0.481 e. The number of aliphatic hydroxyl groups excluding tert-OH is 2. The van der Waals surface area contributed by atoms with Crippen LogP contribution in [0.15, 0.2) is 117 Å². The molecule has 1 aromatic heterocycles. The zero-order valence-corrected chi connectivity index (χ0v) is 41.0. The summed E-state index contributed by atoms with van der Waals surface area (Å²) in [6, 6.07) is 29.3. The molecule has 0 saturated heterocycles. The predicted molar refractivity (Wildman–Crippen MR) is 271 cm³/mol. The van der Waals surface area contributed by atoms with Crippen molar-refractivity contribution in [1.82, 2.24) is 0 Å². The van der Waals surface area contributed by atoms with Crippen LogP contribution in [0.2, 0.25) is 0 Å². The van der Waals surface area contributed by atoms with Gasteiger partial charge in [-0.05, 0) is 116 Å². The van der Waals surface area contributed by atoms with Crippen LogP contribution in [0, 0.1) is 23.7 Å².